The average Bonchev–Trinajstić information content (AvgIpc) is 2.82. The highest BCUT2D eigenvalue weighted by molar-refractivity contribution is 5.91. The van der Waals surface area contributed by atoms with Gasteiger partial charge in [0.25, 0.3) is 0 Å². The van der Waals surface area contributed by atoms with Crippen LogP contribution in [-0.4, -0.2) is 38.7 Å². The normalized spacial score (nSPS) is 12.0. The molecule has 0 aliphatic carbocycles. The van der Waals surface area contributed by atoms with Crippen LogP contribution in [0.5, 0.6) is 28.7 Å². The summed E-state index contributed by atoms with van der Waals surface area (Å²) in [4.78, 5) is 25.7. The van der Waals surface area contributed by atoms with Crippen LogP contribution in [0.25, 0.3) is 0 Å². The number of ether oxygens (including phenoxy) is 4. The minimum absolute atomic E-state index is 0.167. The topological polar surface area (TPSA) is 116 Å². The zero-order valence-electron chi connectivity index (χ0n) is 20.3. The molecule has 0 aliphatic heterocycles. The first kappa shape index (κ1) is 27.2. The molecule has 0 spiro atoms. The number of aryl methyl sites for hydroxylation is 1. The second kappa shape index (κ2) is 11.1. The largest absolute Gasteiger partial charge is 0.573 e. The van der Waals surface area contributed by atoms with E-state index in [1.54, 1.807) is 0 Å². The Balaban J connectivity index is 1.99. The molecule has 12 heteroatoms. The van der Waals surface area contributed by atoms with Crippen molar-refractivity contribution in [1.82, 2.24) is 0 Å². The summed E-state index contributed by atoms with van der Waals surface area (Å²) in [5.41, 5.74) is -0.477. The summed E-state index contributed by atoms with van der Waals surface area (Å²) in [5, 5.41) is 13.2. The summed E-state index contributed by atoms with van der Waals surface area (Å²) >= 11 is 0. The van der Waals surface area contributed by atoms with Gasteiger partial charge in [0.05, 0.1) is 26.9 Å². The third-order valence-corrected chi connectivity index (χ3v) is 5.29. The van der Waals surface area contributed by atoms with Crippen LogP contribution in [0.4, 0.5) is 18.9 Å². The van der Waals surface area contributed by atoms with E-state index in [1.165, 1.54) is 58.6 Å². The molecule has 2 aromatic carbocycles. The first-order chi connectivity index (χ1) is 17.4. The highest BCUT2D eigenvalue weighted by atomic mass is 19.4. The first-order valence-electron chi connectivity index (χ1n) is 10.7. The molecule has 0 bridgehead atoms. The lowest BCUT2D eigenvalue weighted by molar-refractivity contribution is -0.274. The molecule has 1 heterocycles. The van der Waals surface area contributed by atoms with E-state index in [-0.39, 0.29) is 46.4 Å². The Labute approximate surface area is 209 Å². The Morgan fingerprint density at radius 1 is 1.03 bits per heavy atom. The molecule has 3 rings (SSSR count). The highest BCUT2D eigenvalue weighted by Gasteiger charge is 2.31. The molecule has 0 aliphatic rings. The molecule has 3 aromatic rings. The van der Waals surface area contributed by atoms with Crippen molar-refractivity contribution in [2.45, 2.75) is 25.6 Å². The van der Waals surface area contributed by atoms with Gasteiger partial charge in [0.2, 0.25) is 11.7 Å². The molecule has 9 nitrogen and oxygen atoms in total. The van der Waals surface area contributed by atoms with Gasteiger partial charge in [0.1, 0.15) is 17.3 Å². The summed E-state index contributed by atoms with van der Waals surface area (Å²) in [6.07, 6.45) is -5.21. The fourth-order valence-corrected chi connectivity index (χ4v) is 3.75. The smallest absolute Gasteiger partial charge is 0.507 e. The van der Waals surface area contributed by atoms with E-state index in [9.17, 15) is 27.9 Å². The third kappa shape index (κ3) is 6.66. The summed E-state index contributed by atoms with van der Waals surface area (Å²) in [7, 11) is 4.20. The molecule has 0 fully saturated rings. The van der Waals surface area contributed by atoms with Crippen molar-refractivity contribution in [3.8, 4) is 28.7 Å². The fourth-order valence-electron chi connectivity index (χ4n) is 3.75. The summed E-state index contributed by atoms with van der Waals surface area (Å²) in [6.45, 7) is 1.48. The second-order valence-electron chi connectivity index (χ2n) is 7.78. The van der Waals surface area contributed by atoms with Gasteiger partial charge in [0.15, 0.2) is 11.5 Å². The zero-order chi connectivity index (χ0) is 27.3. The number of anilines is 1. The van der Waals surface area contributed by atoms with Crippen molar-refractivity contribution in [2.24, 2.45) is 0 Å². The Kier molecular flexibility index (Phi) is 8.21. The van der Waals surface area contributed by atoms with Crippen LogP contribution in [0.2, 0.25) is 0 Å². The Morgan fingerprint density at radius 2 is 1.62 bits per heavy atom. The summed E-state index contributed by atoms with van der Waals surface area (Å²) in [6, 6.07) is 8.85. The van der Waals surface area contributed by atoms with Gasteiger partial charge < -0.3 is 33.8 Å². The number of aromatic hydroxyl groups is 1. The predicted octanol–water partition coefficient (Wildman–Crippen LogP) is 4.74. The van der Waals surface area contributed by atoms with Crippen LogP contribution in [-0.2, 0) is 4.79 Å². The van der Waals surface area contributed by atoms with Gasteiger partial charge >= 0.3 is 12.0 Å². The monoisotopic (exact) mass is 523 g/mol. The molecule has 0 saturated heterocycles. The van der Waals surface area contributed by atoms with E-state index in [2.05, 4.69) is 10.1 Å². The van der Waals surface area contributed by atoms with Crippen LogP contribution >= 0.6 is 0 Å². The number of alkyl halides is 3. The first-order valence-corrected chi connectivity index (χ1v) is 10.7. The molecule has 1 amide bonds. The number of hydrogen-bond acceptors (Lipinski definition) is 8. The van der Waals surface area contributed by atoms with Crippen molar-refractivity contribution in [3.05, 3.63) is 69.8 Å². The standard InChI is InChI=1S/C25H24F3NO8/c1-13-9-18(30)22(24(32)36-13)17(14-10-19(33-2)23(35-4)20(11-14)34-3)12-21(31)29-15-5-7-16(8-6-15)37-25(26,27)28/h5-11,17,30H,12H2,1-4H3,(H,29,31)/t17-/m1/s1. The van der Waals surface area contributed by atoms with E-state index < -0.39 is 29.6 Å². The molecule has 1 atom stereocenters. The number of carbonyl (C=O) groups excluding carboxylic acids is 1. The van der Waals surface area contributed by atoms with Gasteiger partial charge in [-0.05, 0) is 48.9 Å². The van der Waals surface area contributed by atoms with Gasteiger partial charge in [-0.2, -0.15) is 0 Å². The van der Waals surface area contributed by atoms with Crippen molar-refractivity contribution in [1.29, 1.82) is 0 Å². The molecule has 198 valence electrons. The Morgan fingerprint density at radius 3 is 2.11 bits per heavy atom. The van der Waals surface area contributed by atoms with E-state index in [1.807, 2.05) is 0 Å². The van der Waals surface area contributed by atoms with Crippen LogP contribution in [0, 0.1) is 6.92 Å². The number of halogens is 3. The Bertz CT molecular complexity index is 1290. The van der Waals surface area contributed by atoms with Gasteiger partial charge in [-0.1, -0.05) is 0 Å². The lowest BCUT2D eigenvalue weighted by Crippen LogP contribution is -2.21. The number of carbonyl (C=O) groups is 1. The van der Waals surface area contributed by atoms with Crippen LogP contribution in [0.1, 0.15) is 29.2 Å². The number of nitrogens with one attached hydrogen (secondary N) is 1. The number of benzene rings is 2. The molecular formula is C25H24F3NO8. The maximum absolute atomic E-state index is 13.0. The number of methoxy groups -OCH3 is 3. The lowest BCUT2D eigenvalue weighted by Gasteiger charge is -2.21. The van der Waals surface area contributed by atoms with Crippen molar-refractivity contribution in [3.63, 3.8) is 0 Å². The summed E-state index contributed by atoms with van der Waals surface area (Å²) in [5.74, 6) is -1.53. The average molecular weight is 523 g/mol. The zero-order valence-corrected chi connectivity index (χ0v) is 20.3. The second-order valence-corrected chi connectivity index (χ2v) is 7.78. The summed E-state index contributed by atoms with van der Waals surface area (Å²) < 4.78 is 62.2. The van der Waals surface area contributed by atoms with Crippen molar-refractivity contribution in [2.75, 3.05) is 26.6 Å². The number of hydrogen-bond donors (Lipinski definition) is 2. The maximum atomic E-state index is 13.0. The van der Waals surface area contributed by atoms with Crippen molar-refractivity contribution >= 4 is 11.6 Å². The van der Waals surface area contributed by atoms with Gasteiger partial charge in [-0.15, -0.1) is 13.2 Å². The molecule has 0 radical (unpaired) electrons. The molecule has 0 unspecified atom stereocenters. The van der Waals surface area contributed by atoms with E-state index in [0.717, 1.165) is 12.1 Å². The lowest BCUT2D eigenvalue weighted by atomic mass is 9.88. The minimum atomic E-state index is -4.85. The number of amides is 1. The van der Waals surface area contributed by atoms with Gasteiger partial charge in [-0.25, -0.2) is 4.79 Å². The quantitative estimate of drug-likeness (QED) is 0.413. The molecule has 1 aromatic heterocycles. The molecule has 37 heavy (non-hydrogen) atoms. The molecule has 2 N–H and O–H groups in total. The van der Waals surface area contributed by atoms with Crippen LogP contribution in [0.3, 0.4) is 0 Å². The fraction of sp³-hybridized carbons (Fsp3) is 0.280. The van der Waals surface area contributed by atoms with Gasteiger partial charge in [0, 0.05) is 24.1 Å². The predicted molar refractivity (Wildman–Crippen MR) is 126 cm³/mol. The maximum Gasteiger partial charge on any atom is 0.573 e. The van der Waals surface area contributed by atoms with Crippen LogP contribution < -0.4 is 29.9 Å². The minimum Gasteiger partial charge on any atom is -0.507 e. The van der Waals surface area contributed by atoms with Gasteiger partial charge in [-0.3, -0.25) is 4.79 Å². The molecular weight excluding hydrogens is 499 g/mol. The van der Waals surface area contributed by atoms with E-state index in [4.69, 9.17) is 18.6 Å². The molecule has 0 saturated carbocycles. The SMILES string of the molecule is COc1cc([C@@H](CC(=O)Nc2ccc(OC(F)(F)F)cc2)c2c(O)cc(C)oc2=O)cc(OC)c1OC. The Hall–Kier alpha value is -4.35. The van der Waals surface area contributed by atoms with Crippen molar-refractivity contribution < 1.29 is 46.4 Å². The van der Waals surface area contributed by atoms with E-state index >= 15 is 0 Å². The van der Waals surface area contributed by atoms with E-state index in [0.29, 0.717) is 5.56 Å². The van der Waals surface area contributed by atoms with Crippen LogP contribution in [0.15, 0.2) is 51.7 Å². The highest BCUT2D eigenvalue weighted by Crippen LogP contribution is 2.43. The number of rotatable bonds is 9. The third-order valence-electron chi connectivity index (χ3n) is 5.29.